The molecule has 4 heteroatoms. The van der Waals surface area contributed by atoms with Crippen molar-refractivity contribution < 1.29 is 21.9 Å². The van der Waals surface area contributed by atoms with Gasteiger partial charge in [0.15, 0.2) is 11.5 Å². The van der Waals surface area contributed by atoms with Gasteiger partial charge in [-0.05, 0) is 32.5 Å². The highest BCUT2D eigenvalue weighted by molar-refractivity contribution is 5.46. The first kappa shape index (κ1) is 18.3. The van der Waals surface area contributed by atoms with Crippen molar-refractivity contribution in [2.45, 2.75) is 27.0 Å². The Bertz CT molecular complexity index is 546. The predicted octanol–water partition coefficient (Wildman–Crippen LogP) is 0.696. The van der Waals surface area contributed by atoms with Crippen LogP contribution < -0.4 is 27.2 Å². The molecule has 22 heavy (non-hydrogen) atoms. The minimum absolute atomic E-state index is 0. The van der Waals surface area contributed by atoms with Crippen molar-refractivity contribution in [1.29, 1.82) is 0 Å². The average molecular weight is 321 g/mol. The second-order valence-electron chi connectivity index (χ2n) is 4.98. The third kappa shape index (κ3) is 4.93. The van der Waals surface area contributed by atoms with E-state index in [9.17, 15) is 0 Å². The lowest BCUT2D eigenvalue weighted by Gasteiger charge is -2.16. The molecule has 0 fully saturated rings. The zero-order valence-corrected chi connectivity index (χ0v) is 14.1. The number of halogens is 1. The Morgan fingerprint density at radius 1 is 1.00 bits per heavy atom. The Morgan fingerprint density at radius 3 is 2.36 bits per heavy atom. The van der Waals surface area contributed by atoms with E-state index in [0.717, 1.165) is 29.2 Å². The quantitative estimate of drug-likeness (QED) is 0.814. The summed E-state index contributed by atoms with van der Waals surface area (Å²) in [7, 11) is 1.93. The lowest BCUT2D eigenvalue weighted by molar-refractivity contribution is -0.00000519. The first-order valence-electron chi connectivity index (χ1n) is 7.32. The van der Waals surface area contributed by atoms with Gasteiger partial charge >= 0.3 is 0 Å². The zero-order chi connectivity index (χ0) is 15.1. The van der Waals surface area contributed by atoms with Crippen LogP contribution in [0.4, 0.5) is 0 Å². The molecule has 0 heterocycles. The van der Waals surface area contributed by atoms with E-state index in [4.69, 9.17) is 9.47 Å². The largest absolute Gasteiger partial charge is 1.00 e. The highest BCUT2D eigenvalue weighted by atomic mass is 35.5. The van der Waals surface area contributed by atoms with Gasteiger partial charge in [-0.25, -0.2) is 0 Å². The van der Waals surface area contributed by atoms with E-state index in [2.05, 4.69) is 42.6 Å². The van der Waals surface area contributed by atoms with Gasteiger partial charge in [-0.3, -0.25) is 0 Å². The summed E-state index contributed by atoms with van der Waals surface area (Å²) in [6, 6.07) is 14.4. The molecule has 1 N–H and O–H groups in total. The first-order valence-corrected chi connectivity index (χ1v) is 7.32. The zero-order valence-electron chi connectivity index (χ0n) is 13.4. The lowest BCUT2D eigenvalue weighted by Crippen LogP contribution is -3.00. The Hall–Kier alpha value is -1.71. The van der Waals surface area contributed by atoms with Gasteiger partial charge in [0.1, 0.15) is 6.61 Å². The normalized spacial score (nSPS) is 9.95. The van der Waals surface area contributed by atoms with Crippen molar-refractivity contribution in [3.8, 4) is 11.5 Å². The van der Waals surface area contributed by atoms with Crippen LogP contribution in [-0.4, -0.2) is 13.7 Å². The van der Waals surface area contributed by atoms with E-state index < -0.39 is 0 Å². The second kappa shape index (κ2) is 9.34. The van der Waals surface area contributed by atoms with Crippen molar-refractivity contribution in [3.05, 3.63) is 59.2 Å². The third-order valence-corrected chi connectivity index (χ3v) is 3.23. The molecule has 0 saturated heterocycles. The van der Waals surface area contributed by atoms with Crippen LogP contribution in [0.1, 0.15) is 23.6 Å². The molecule has 3 nitrogen and oxygen atoms in total. The Kier molecular flexibility index (Phi) is 7.78. The SMILES string of the molecule is CCOc1cccc(CNC)c1OCc1ccc(C)cc1.[Cl-]. The standard InChI is InChI=1S/C18H23NO2.ClH/c1-4-20-17-7-5-6-16(12-19-3)18(17)21-13-15-10-8-14(2)9-11-15;/h5-11,19H,4,12-13H2,1-3H3;1H/p-1. The summed E-state index contributed by atoms with van der Waals surface area (Å²) in [5.41, 5.74) is 3.52. The van der Waals surface area contributed by atoms with Crippen molar-refractivity contribution in [3.63, 3.8) is 0 Å². The number of para-hydroxylation sites is 1. The van der Waals surface area contributed by atoms with Crippen LogP contribution in [0.2, 0.25) is 0 Å². The maximum absolute atomic E-state index is 6.03. The van der Waals surface area contributed by atoms with E-state index in [0.29, 0.717) is 13.2 Å². The van der Waals surface area contributed by atoms with Crippen LogP contribution >= 0.6 is 0 Å². The summed E-state index contributed by atoms with van der Waals surface area (Å²) < 4.78 is 11.7. The number of hydrogen-bond acceptors (Lipinski definition) is 3. The van der Waals surface area contributed by atoms with Crippen LogP contribution in [0.25, 0.3) is 0 Å². The van der Waals surface area contributed by atoms with Crippen LogP contribution in [0.3, 0.4) is 0 Å². The second-order valence-corrected chi connectivity index (χ2v) is 4.98. The summed E-state index contributed by atoms with van der Waals surface area (Å²) in [6.45, 7) is 5.99. The molecule has 0 spiro atoms. The van der Waals surface area contributed by atoms with E-state index >= 15 is 0 Å². The van der Waals surface area contributed by atoms with E-state index in [-0.39, 0.29) is 12.4 Å². The fourth-order valence-electron chi connectivity index (χ4n) is 2.16. The fourth-order valence-corrected chi connectivity index (χ4v) is 2.16. The van der Waals surface area contributed by atoms with E-state index in [1.807, 2.05) is 26.1 Å². The van der Waals surface area contributed by atoms with Gasteiger partial charge in [0.05, 0.1) is 6.61 Å². The minimum Gasteiger partial charge on any atom is -1.00 e. The number of aryl methyl sites for hydroxylation is 1. The molecule has 0 bridgehead atoms. The molecule has 2 rings (SSSR count). The molecule has 120 valence electrons. The summed E-state index contributed by atoms with van der Waals surface area (Å²) in [5.74, 6) is 1.63. The topological polar surface area (TPSA) is 30.5 Å². The highest BCUT2D eigenvalue weighted by Gasteiger charge is 2.10. The van der Waals surface area contributed by atoms with Gasteiger partial charge in [0, 0.05) is 12.1 Å². The van der Waals surface area contributed by atoms with E-state index in [1.165, 1.54) is 5.56 Å². The molecule has 0 aromatic heterocycles. The van der Waals surface area contributed by atoms with Crippen molar-refractivity contribution in [2.24, 2.45) is 0 Å². The number of ether oxygens (including phenoxy) is 2. The summed E-state index contributed by atoms with van der Waals surface area (Å²) in [6.07, 6.45) is 0. The summed E-state index contributed by atoms with van der Waals surface area (Å²) in [5, 5.41) is 3.16. The Labute approximate surface area is 139 Å². The molecule has 0 aliphatic rings. The van der Waals surface area contributed by atoms with Gasteiger partial charge in [-0.15, -0.1) is 0 Å². The first-order chi connectivity index (χ1) is 10.2. The van der Waals surface area contributed by atoms with Crippen molar-refractivity contribution in [2.75, 3.05) is 13.7 Å². The summed E-state index contributed by atoms with van der Waals surface area (Å²) >= 11 is 0. The molecule has 0 aliphatic heterocycles. The molecular weight excluding hydrogens is 298 g/mol. The van der Waals surface area contributed by atoms with Crippen molar-refractivity contribution in [1.82, 2.24) is 5.32 Å². The lowest BCUT2D eigenvalue weighted by atomic mass is 10.1. The fraction of sp³-hybridized carbons (Fsp3) is 0.333. The molecule has 2 aromatic carbocycles. The van der Waals surface area contributed by atoms with Crippen LogP contribution in [0.15, 0.2) is 42.5 Å². The van der Waals surface area contributed by atoms with Gasteiger partial charge < -0.3 is 27.2 Å². The molecule has 0 aliphatic carbocycles. The average Bonchev–Trinajstić information content (AvgIpc) is 2.49. The van der Waals surface area contributed by atoms with Crippen molar-refractivity contribution >= 4 is 0 Å². The van der Waals surface area contributed by atoms with Gasteiger partial charge in [-0.2, -0.15) is 0 Å². The van der Waals surface area contributed by atoms with Crippen LogP contribution in [0, 0.1) is 6.92 Å². The third-order valence-electron chi connectivity index (χ3n) is 3.23. The smallest absolute Gasteiger partial charge is 0.166 e. The molecular formula is C18H23ClNO2-. The molecule has 0 atom stereocenters. The molecule has 2 aromatic rings. The molecule has 0 unspecified atom stereocenters. The molecule has 0 saturated carbocycles. The number of hydrogen-bond donors (Lipinski definition) is 1. The van der Waals surface area contributed by atoms with Gasteiger partial charge in [0.2, 0.25) is 0 Å². The van der Waals surface area contributed by atoms with E-state index in [1.54, 1.807) is 0 Å². The molecule has 0 radical (unpaired) electrons. The van der Waals surface area contributed by atoms with Gasteiger partial charge in [0.25, 0.3) is 0 Å². The Balaban J connectivity index is 0.00000242. The Morgan fingerprint density at radius 2 is 1.73 bits per heavy atom. The monoisotopic (exact) mass is 320 g/mol. The summed E-state index contributed by atoms with van der Waals surface area (Å²) in [4.78, 5) is 0. The highest BCUT2D eigenvalue weighted by Crippen LogP contribution is 2.32. The molecule has 0 amide bonds. The minimum atomic E-state index is 0. The van der Waals surface area contributed by atoms with Crippen LogP contribution in [0.5, 0.6) is 11.5 Å². The number of nitrogens with one attached hydrogen (secondary N) is 1. The predicted molar refractivity (Wildman–Crippen MR) is 85.9 cm³/mol. The number of rotatable bonds is 7. The van der Waals surface area contributed by atoms with Gasteiger partial charge in [-0.1, -0.05) is 42.0 Å². The van der Waals surface area contributed by atoms with Crippen LogP contribution in [-0.2, 0) is 13.2 Å². The maximum atomic E-state index is 6.03. The number of benzene rings is 2. The maximum Gasteiger partial charge on any atom is 0.166 e.